The van der Waals surface area contributed by atoms with Crippen LogP contribution in [0.25, 0.3) is 0 Å². The summed E-state index contributed by atoms with van der Waals surface area (Å²) in [6, 6.07) is 9.03. The van der Waals surface area contributed by atoms with Crippen molar-refractivity contribution in [2.24, 2.45) is 0 Å². The highest BCUT2D eigenvalue weighted by molar-refractivity contribution is 6.35. The van der Waals surface area contributed by atoms with E-state index in [9.17, 15) is 14.0 Å². The lowest BCUT2D eigenvalue weighted by Gasteiger charge is -2.38. The number of β-lactam (4-membered cyclic amide) rings is 1. The van der Waals surface area contributed by atoms with Gasteiger partial charge < -0.3 is 15.5 Å². The van der Waals surface area contributed by atoms with E-state index in [0.29, 0.717) is 28.0 Å². The lowest BCUT2D eigenvalue weighted by Crippen LogP contribution is -2.64. The highest BCUT2D eigenvalue weighted by Gasteiger charge is 2.38. The van der Waals surface area contributed by atoms with E-state index >= 15 is 0 Å². The first kappa shape index (κ1) is 16.5. The Hall–Kier alpha value is -2.31. The van der Waals surface area contributed by atoms with Crippen molar-refractivity contribution in [3.8, 4) is 0 Å². The number of carbonyl (C=O) groups excluding carboxylic acids is 2. The van der Waals surface area contributed by atoms with Gasteiger partial charge in [-0.05, 0) is 42.5 Å². The molecule has 1 saturated heterocycles. The molecule has 0 aromatic heterocycles. The van der Waals surface area contributed by atoms with Gasteiger partial charge in [-0.25, -0.2) is 9.18 Å². The van der Waals surface area contributed by atoms with Crippen molar-refractivity contribution in [1.29, 1.82) is 0 Å². The Balaban J connectivity index is 1.58. The Bertz CT molecular complexity index is 798. The second kappa shape index (κ2) is 6.67. The molecular formula is C16H12Cl2FN3O2. The molecule has 0 spiro atoms. The molecule has 0 radical (unpaired) electrons. The standard InChI is InChI=1S/C16H12Cl2FN3O2/c17-9-1-6-12(18)13(7-9)20-16(24)21-14-8-22(15(14)23)11-4-2-10(19)3-5-11/h1-7,14H,8H2,(H2,20,21,24)/t14-/m0/s1. The number of rotatable bonds is 3. The number of halogens is 3. The van der Waals surface area contributed by atoms with E-state index in [-0.39, 0.29) is 11.7 Å². The van der Waals surface area contributed by atoms with Crippen LogP contribution in [-0.2, 0) is 4.79 Å². The summed E-state index contributed by atoms with van der Waals surface area (Å²) in [5.41, 5.74) is 0.932. The number of hydrogen-bond acceptors (Lipinski definition) is 2. The molecule has 0 bridgehead atoms. The minimum Gasteiger partial charge on any atom is -0.324 e. The number of nitrogens with one attached hydrogen (secondary N) is 2. The zero-order chi connectivity index (χ0) is 17.3. The summed E-state index contributed by atoms with van der Waals surface area (Å²) in [5, 5.41) is 5.86. The van der Waals surface area contributed by atoms with Crippen molar-refractivity contribution in [1.82, 2.24) is 5.32 Å². The molecule has 2 aromatic rings. The van der Waals surface area contributed by atoms with E-state index in [1.54, 1.807) is 12.1 Å². The van der Waals surface area contributed by atoms with Crippen molar-refractivity contribution in [2.75, 3.05) is 16.8 Å². The van der Waals surface area contributed by atoms with Crippen molar-refractivity contribution in [3.63, 3.8) is 0 Å². The molecular weight excluding hydrogens is 356 g/mol. The van der Waals surface area contributed by atoms with Crippen LogP contribution >= 0.6 is 23.2 Å². The summed E-state index contributed by atoms with van der Waals surface area (Å²) >= 11 is 11.8. The molecule has 24 heavy (non-hydrogen) atoms. The topological polar surface area (TPSA) is 61.4 Å². The summed E-state index contributed by atoms with van der Waals surface area (Å²) in [7, 11) is 0. The fourth-order valence-electron chi connectivity index (χ4n) is 2.30. The maximum absolute atomic E-state index is 12.9. The van der Waals surface area contributed by atoms with E-state index in [1.165, 1.54) is 35.2 Å². The van der Waals surface area contributed by atoms with Crippen molar-refractivity contribution < 1.29 is 14.0 Å². The van der Waals surface area contributed by atoms with Crippen LogP contribution in [0.2, 0.25) is 10.0 Å². The predicted octanol–water partition coefficient (Wildman–Crippen LogP) is 3.67. The number of urea groups is 1. The molecule has 0 unspecified atom stereocenters. The van der Waals surface area contributed by atoms with Crippen LogP contribution in [0, 0.1) is 5.82 Å². The Kier molecular flexibility index (Phi) is 4.59. The smallest absolute Gasteiger partial charge is 0.319 e. The number of hydrogen-bond donors (Lipinski definition) is 2. The Morgan fingerprint density at radius 3 is 2.54 bits per heavy atom. The molecule has 5 nitrogen and oxygen atoms in total. The van der Waals surface area contributed by atoms with Crippen LogP contribution in [0.1, 0.15) is 0 Å². The molecule has 1 heterocycles. The van der Waals surface area contributed by atoms with Gasteiger partial charge in [-0.15, -0.1) is 0 Å². The first-order chi connectivity index (χ1) is 11.4. The number of anilines is 2. The van der Waals surface area contributed by atoms with Gasteiger partial charge in [0.2, 0.25) is 0 Å². The van der Waals surface area contributed by atoms with Crippen LogP contribution in [-0.4, -0.2) is 24.5 Å². The summed E-state index contributed by atoms with van der Waals surface area (Å²) in [6.45, 7) is 0.307. The lowest BCUT2D eigenvalue weighted by atomic mass is 10.1. The Labute approximate surface area is 147 Å². The minimum atomic E-state index is -0.645. The lowest BCUT2D eigenvalue weighted by molar-refractivity contribution is -0.124. The van der Waals surface area contributed by atoms with Gasteiger partial charge in [0.15, 0.2) is 0 Å². The summed E-state index contributed by atoms with van der Waals surface area (Å²) in [6.07, 6.45) is 0. The zero-order valence-corrected chi connectivity index (χ0v) is 13.7. The van der Waals surface area contributed by atoms with E-state index in [0.717, 1.165) is 0 Å². The third kappa shape index (κ3) is 3.44. The highest BCUT2D eigenvalue weighted by Crippen LogP contribution is 2.26. The number of carbonyl (C=O) groups is 2. The molecule has 1 aliphatic rings. The van der Waals surface area contributed by atoms with Crippen LogP contribution < -0.4 is 15.5 Å². The molecule has 1 aliphatic heterocycles. The normalized spacial score (nSPS) is 16.5. The SMILES string of the molecule is O=C(Nc1cc(Cl)ccc1Cl)N[C@H]1CN(c2ccc(F)cc2)C1=O. The third-order valence-electron chi connectivity index (χ3n) is 3.55. The van der Waals surface area contributed by atoms with Gasteiger partial charge in [-0.2, -0.15) is 0 Å². The molecule has 3 rings (SSSR count). The Morgan fingerprint density at radius 2 is 1.88 bits per heavy atom. The molecule has 0 aliphatic carbocycles. The van der Waals surface area contributed by atoms with Gasteiger partial charge in [0.1, 0.15) is 11.9 Å². The maximum atomic E-state index is 12.9. The van der Waals surface area contributed by atoms with E-state index in [1.807, 2.05) is 0 Å². The van der Waals surface area contributed by atoms with Crippen LogP contribution in [0.3, 0.4) is 0 Å². The second-order valence-electron chi connectivity index (χ2n) is 5.20. The van der Waals surface area contributed by atoms with Gasteiger partial charge in [-0.3, -0.25) is 4.79 Å². The average Bonchev–Trinajstić information content (AvgIpc) is 2.55. The van der Waals surface area contributed by atoms with Crippen molar-refractivity contribution in [3.05, 3.63) is 58.3 Å². The van der Waals surface area contributed by atoms with Crippen LogP contribution in [0.4, 0.5) is 20.6 Å². The quantitative estimate of drug-likeness (QED) is 0.813. The molecule has 2 N–H and O–H groups in total. The minimum absolute atomic E-state index is 0.269. The first-order valence-corrected chi connectivity index (χ1v) is 7.79. The summed E-state index contributed by atoms with van der Waals surface area (Å²) in [5.74, 6) is -0.645. The van der Waals surface area contributed by atoms with Crippen LogP contribution in [0.5, 0.6) is 0 Å². The molecule has 124 valence electrons. The predicted molar refractivity (Wildman–Crippen MR) is 91.2 cm³/mol. The van der Waals surface area contributed by atoms with Gasteiger partial charge in [0.25, 0.3) is 5.91 Å². The van der Waals surface area contributed by atoms with E-state index in [2.05, 4.69) is 10.6 Å². The molecule has 2 aromatic carbocycles. The fourth-order valence-corrected chi connectivity index (χ4v) is 2.63. The van der Waals surface area contributed by atoms with Crippen molar-refractivity contribution in [2.45, 2.75) is 6.04 Å². The number of benzene rings is 2. The largest absolute Gasteiger partial charge is 0.324 e. The van der Waals surface area contributed by atoms with Gasteiger partial charge in [-0.1, -0.05) is 23.2 Å². The molecule has 1 fully saturated rings. The van der Waals surface area contributed by atoms with Gasteiger partial charge >= 0.3 is 6.03 Å². The molecule has 0 saturated carbocycles. The Morgan fingerprint density at radius 1 is 1.17 bits per heavy atom. The third-order valence-corrected chi connectivity index (χ3v) is 4.11. The van der Waals surface area contributed by atoms with E-state index < -0.39 is 12.1 Å². The average molecular weight is 368 g/mol. The van der Waals surface area contributed by atoms with Gasteiger partial charge in [0.05, 0.1) is 17.3 Å². The summed E-state index contributed by atoms with van der Waals surface area (Å²) in [4.78, 5) is 25.5. The summed E-state index contributed by atoms with van der Waals surface area (Å²) < 4.78 is 12.9. The molecule has 3 amide bonds. The van der Waals surface area contributed by atoms with Crippen LogP contribution in [0.15, 0.2) is 42.5 Å². The first-order valence-electron chi connectivity index (χ1n) is 7.03. The number of amides is 3. The second-order valence-corrected chi connectivity index (χ2v) is 6.04. The highest BCUT2D eigenvalue weighted by atomic mass is 35.5. The van der Waals surface area contributed by atoms with Crippen molar-refractivity contribution >= 4 is 46.5 Å². The fraction of sp³-hybridized carbons (Fsp3) is 0.125. The molecule has 1 atom stereocenters. The zero-order valence-electron chi connectivity index (χ0n) is 12.2. The molecule has 8 heteroatoms. The van der Waals surface area contributed by atoms with Gasteiger partial charge in [0, 0.05) is 10.7 Å². The van der Waals surface area contributed by atoms with E-state index in [4.69, 9.17) is 23.2 Å². The monoisotopic (exact) mass is 367 g/mol. The maximum Gasteiger partial charge on any atom is 0.319 e. The number of nitrogens with zero attached hydrogens (tertiary/aromatic N) is 1.